The van der Waals surface area contributed by atoms with Gasteiger partial charge in [-0.2, -0.15) is 0 Å². The summed E-state index contributed by atoms with van der Waals surface area (Å²) in [5.41, 5.74) is 0. The molecule has 0 amide bonds. The van der Waals surface area contributed by atoms with E-state index in [9.17, 15) is 4.79 Å². The summed E-state index contributed by atoms with van der Waals surface area (Å²) < 4.78 is 19.3. The van der Waals surface area contributed by atoms with E-state index in [2.05, 4.69) is 0 Å². The van der Waals surface area contributed by atoms with Gasteiger partial charge in [-0.3, -0.25) is 4.79 Å². The molecule has 14 heavy (non-hydrogen) atoms. The molecule has 1 heterocycles. The van der Waals surface area contributed by atoms with E-state index in [1.807, 2.05) is 6.92 Å². The average Bonchev–Trinajstić information content (AvgIpc) is 2.67. The number of hydrogen-bond acceptors (Lipinski definition) is 3. The van der Waals surface area contributed by atoms with Crippen LogP contribution in [0.15, 0.2) is 0 Å². The quantitative estimate of drug-likeness (QED) is 0.647. The highest BCUT2D eigenvalue weighted by molar-refractivity contribution is 5.81. The molecule has 0 aromatic heterocycles. The molecule has 0 aromatic carbocycles. The van der Waals surface area contributed by atoms with E-state index >= 15 is 0 Å². The molecule has 1 aliphatic heterocycles. The molecule has 1 saturated heterocycles. The summed E-state index contributed by atoms with van der Waals surface area (Å²) >= 11 is 0. The molecule has 0 bridgehead atoms. The molecule has 0 radical (unpaired) electrons. The van der Waals surface area contributed by atoms with Crippen molar-refractivity contribution in [3.05, 3.63) is 0 Å². The summed E-state index contributed by atoms with van der Waals surface area (Å²) in [7, 11) is 0. The fraction of sp³-hybridized carbons (Fsp3) is 0.909. The summed E-state index contributed by atoms with van der Waals surface area (Å²) in [5.74, 6) is -1.41. The van der Waals surface area contributed by atoms with Gasteiger partial charge in [-0.05, 0) is 12.8 Å². The monoisotopic (exact) mass is 199 g/mol. The Balaban J connectivity index is 2.11. The average molecular weight is 199 g/mol. The van der Waals surface area contributed by atoms with Crippen LogP contribution in [0.25, 0.3) is 0 Å². The molecule has 3 heteroatoms. The van der Waals surface area contributed by atoms with E-state index in [1.54, 1.807) is 0 Å². The molecule has 1 aliphatic carbocycles. The lowest BCUT2D eigenvalue weighted by Crippen LogP contribution is -2.29. The van der Waals surface area contributed by atoms with Gasteiger partial charge in [-0.1, -0.05) is 6.92 Å². The molecule has 0 N–H and O–H groups in total. The highest BCUT2D eigenvalue weighted by Gasteiger charge is 2.40. The van der Waals surface area contributed by atoms with Crippen molar-refractivity contribution in [2.75, 3.05) is 13.2 Å². The smallest absolute Gasteiger partial charge is 0.168 e. The van der Waals surface area contributed by atoms with Gasteiger partial charge in [0.25, 0.3) is 0 Å². The lowest BCUT2D eigenvalue weighted by molar-refractivity contribution is -0.166. The molecule has 2 fully saturated rings. The Labute approximate surface area is 86.2 Å². The Kier molecular flexibility index (Phi) is 2.53. The molecular formula is C11H18O3. The van der Waals surface area contributed by atoms with Crippen LogP contribution in [0.5, 0.6) is 0 Å². The van der Waals surface area contributed by atoms with Crippen LogP contribution in [-0.2, 0) is 14.3 Å². The summed E-state index contributed by atoms with van der Waals surface area (Å²) in [4.78, 5) is 11.8. The van der Waals surface area contributed by atoms with Crippen molar-refractivity contribution >= 4 is 5.78 Å². The maximum absolute atomic E-state index is 11.8. The highest BCUT2D eigenvalue weighted by Crippen LogP contribution is 2.35. The van der Waals surface area contributed by atoms with Gasteiger partial charge in [0, 0.05) is 26.5 Å². The maximum atomic E-state index is 11.8. The van der Waals surface area contributed by atoms with E-state index in [0.29, 0.717) is 45.3 Å². The number of hydrogen-bond donors (Lipinski definition) is 0. The normalized spacial score (nSPS) is 38.4. The van der Waals surface area contributed by atoms with Crippen molar-refractivity contribution in [3.8, 4) is 0 Å². The predicted molar refractivity (Wildman–Crippen MR) is 51.9 cm³/mol. The summed E-state index contributed by atoms with van der Waals surface area (Å²) in [6, 6.07) is 0. The van der Waals surface area contributed by atoms with Gasteiger partial charge in [0.1, 0.15) is 5.78 Å². The van der Waals surface area contributed by atoms with Crippen LogP contribution in [0, 0.1) is 5.89 Å². The van der Waals surface area contributed by atoms with Crippen molar-refractivity contribution in [2.45, 2.75) is 44.8 Å². The zero-order valence-electron chi connectivity index (χ0n) is 9.67. The Bertz CT molecular complexity index is 261. The Hall–Kier alpha value is -0.410. The lowest BCUT2D eigenvalue weighted by atomic mass is 9.96. The Morgan fingerprint density at radius 3 is 2.86 bits per heavy atom. The first kappa shape index (κ1) is 8.86. The van der Waals surface area contributed by atoms with E-state index in [4.69, 9.17) is 10.8 Å². The highest BCUT2D eigenvalue weighted by atomic mass is 16.7. The molecule has 2 aliphatic rings. The number of Topliss-reactive ketones (excluding diaryl/α,β-unsaturated/α-hetero) is 1. The SMILES string of the molecule is [2H]C1(CC)CCC2(CCC1=O)OCCO2. The van der Waals surface area contributed by atoms with Gasteiger partial charge >= 0.3 is 0 Å². The minimum atomic E-state index is -0.904. The van der Waals surface area contributed by atoms with Crippen LogP contribution in [0.2, 0.25) is 0 Å². The van der Waals surface area contributed by atoms with Crippen LogP contribution in [0.4, 0.5) is 0 Å². The third-order valence-corrected chi connectivity index (χ3v) is 3.18. The molecule has 1 saturated carbocycles. The number of ketones is 1. The van der Waals surface area contributed by atoms with Crippen LogP contribution >= 0.6 is 0 Å². The second-order valence-corrected chi connectivity index (χ2v) is 3.99. The fourth-order valence-electron chi connectivity index (χ4n) is 2.25. The topological polar surface area (TPSA) is 35.5 Å². The van der Waals surface area contributed by atoms with Crippen molar-refractivity contribution in [2.24, 2.45) is 5.89 Å². The Morgan fingerprint density at radius 2 is 2.21 bits per heavy atom. The first-order valence-electron chi connectivity index (χ1n) is 5.91. The van der Waals surface area contributed by atoms with E-state index in [0.717, 1.165) is 0 Å². The minimum absolute atomic E-state index is 0.0426. The molecule has 1 spiro atoms. The minimum Gasteiger partial charge on any atom is -0.348 e. The number of rotatable bonds is 1. The molecular weight excluding hydrogens is 180 g/mol. The number of carbonyl (C=O) groups is 1. The van der Waals surface area contributed by atoms with Gasteiger partial charge in [0.2, 0.25) is 0 Å². The molecule has 1 unspecified atom stereocenters. The van der Waals surface area contributed by atoms with Crippen molar-refractivity contribution in [1.82, 2.24) is 0 Å². The fourth-order valence-corrected chi connectivity index (χ4v) is 2.25. The lowest BCUT2D eigenvalue weighted by Gasteiger charge is -2.25. The van der Waals surface area contributed by atoms with Gasteiger partial charge < -0.3 is 9.47 Å². The first-order valence-corrected chi connectivity index (χ1v) is 5.41. The number of carbonyl (C=O) groups excluding carboxylic acids is 1. The molecule has 0 aromatic rings. The third-order valence-electron chi connectivity index (χ3n) is 3.18. The van der Waals surface area contributed by atoms with E-state index in [1.165, 1.54) is 0 Å². The van der Waals surface area contributed by atoms with E-state index in [-0.39, 0.29) is 5.78 Å². The van der Waals surface area contributed by atoms with Crippen molar-refractivity contribution < 1.29 is 15.6 Å². The van der Waals surface area contributed by atoms with Crippen LogP contribution in [0.3, 0.4) is 0 Å². The first-order chi connectivity index (χ1) is 7.10. The molecule has 2 rings (SSSR count). The van der Waals surface area contributed by atoms with Crippen molar-refractivity contribution in [3.63, 3.8) is 0 Å². The molecule has 80 valence electrons. The van der Waals surface area contributed by atoms with Crippen LogP contribution < -0.4 is 0 Å². The maximum Gasteiger partial charge on any atom is 0.168 e. The molecule has 3 nitrogen and oxygen atoms in total. The zero-order chi connectivity index (χ0) is 10.9. The van der Waals surface area contributed by atoms with E-state index < -0.39 is 11.7 Å². The third kappa shape index (κ3) is 1.84. The molecule has 1 atom stereocenters. The van der Waals surface area contributed by atoms with Crippen LogP contribution in [0.1, 0.15) is 40.4 Å². The predicted octanol–water partition coefficient (Wildman–Crippen LogP) is 1.90. The van der Waals surface area contributed by atoms with Gasteiger partial charge in [-0.15, -0.1) is 0 Å². The van der Waals surface area contributed by atoms with Gasteiger partial charge in [-0.25, -0.2) is 0 Å². The second-order valence-electron chi connectivity index (χ2n) is 3.99. The van der Waals surface area contributed by atoms with Crippen LogP contribution in [-0.4, -0.2) is 24.8 Å². The summed E-state index contributed by atoms with van der Waals surface area (Å²) in [6.45, 7) is 3.13. The second kappa shape index (κ2) is 3.99. The zero-order valence-corrected chi connectivity index (χ0v) is 8.67. The van der Waals surface area contributed by atoms with Crippen molar-refractivity contribution in [1.29, 1.82) is 0 Å². The van der Waals surface area contributed by atoms with Gasteiger partial charge in [0.15, 0.2) is 5.79 Å². The summed E-state index contributed by atoms with van der Waals surface area (Å²) in [5, 5.41) is 0. The largest absolute Gasteiger partial charge is 0.348 e. The number of ether oxygens (including phenoxy) is 2. The summed E-state index contributed by atoms with van der Waals surface area (Å²) in [6.07, 6.45) is 2.85. The standard InChI is InChI=1S/C11H18O3/c1-2-9-3-5-11(6-4-10(9)12)13-7-8-14-11/h9H,2-8H2,1H3/i9D. The van der Waals surface area contributed by atoms with Gasteiger partial charge in [0.05, 0.1) is 13.2 Å². The Morgan fingerprint density at radius 1 is 1.50 bits per heavy atom.